The normalized spacial score (nSPS) is 11.7. The fourth-order valence-electron chi connectivity index (χ4n) is 2.76. The summed E-state index contributed by atoms with van der Waals surface area (Å²) in [6.45, 7) is 7.71. The van der Waals surface area contributed by atoms with Crippen molar-refractivity contribution in [3.05, 3.63) is 48.0 Å². The second-order valence-corrected chi connectivity index (χ2v) is 9.78. The van der Waals surface area contributed by atoms with Crippen molar-refractivity contribution in [2.24, 2.45) is 0 Å². The molecule has 0 aromatic heterocycles. The summed E-state index contributed by atoms with van der Waals surface area (Å²) >= 11 is 0.904. The third kappa shape index (κ3) is 6.65. The summed E-state index contributed by atoms with van der Waals surface area (Å²) in [5.41, 5.74) is 0.201. The molecule has 0 saturated heterocycles. The van der Waals surface area contributed by atoms with E-state index in [9.17, 15) is 22.0 Å². The Morgan fingerprint density at radius 1 is 1.13 bits per heavy atom. The lowest BCUT2D eigenvalue weighted by atomic mass is 10.3. The third-order valence-electron chi connectivity index (χ3n) is 4.18. The van der Waals surface area contributed by atoms with E-state index >= 15 is 0 Å². The minimum Gasteiger partial charge on any atom is -0.489 e. The molecule has 170 valence electrons. The van der Waals surface area contributed by atoms with Gasteiger partial charge in [-0.3, -0.25) is 4.79 Å². The van der Waals surface area contributed by atoms with Crippen LogP contribution in [0.4, 0.5) is 14.5 Å². The zero-order chi connectivity index (χ0) is 23.2. The van der Waals surface area contributed by atoms with E-state index in [1.807, 2.05) is 0 Å². The zero-order valence-electron chi connectivity index (χ0n) is 17.8. The number of halogens is 2. The number of ether oxygens (including phenoxy) is 1. The number of anilines is 1. The number of sulfonamides is 1. The Labute approximate surface area is 186 Å². The van der Waals surface area contributed by atoms with Crippen LogP contribution < -0.4 is 10.1 Å². The molecular formula is C21H26F2N2O4S2. The Hall–Kier alpha value is -2.17. The lowest BCUT2D eigenvalue weighted by Gasteiger charge is -2.20. The van der Waals surface area contributed by atoms with Crippen LogP contribution in [0.25, 0.3) is 0 Å². The smallest absolute Gasteiger partial charge is 0.243 e. The molecule has 0 heterocycles. The van der Waals surface area contributed by atoms with Crippen LogP contribution in [0.5, 0.6) is 5.75 Å². The minimum absolute atomic E-state index is 0.0276. The van der Waals surface area contributed by atoms with Crippen molar-refractivity contribution in [3.63, 3.8) is 0 Å². The Kier molecular flexibility index (Phi) is 8.84. The number of amides is 1. The molecule has 2 aromatic rings. The van der Waals surface area contributed by atoms with Gasteiger partial charge in [-0.05, 0) is 44.2 Å². The first kappa shape index (κ1) is 25.1. The van der Waals surface area contributed by atoms with Gasteiger partial charge < -0.3 is 10.1 Å². The van der Waals surface area contributed by atoms with Gasteiger partial charge in [-0.15, -0.1) is 11.8 Å². The molecule has 0 spiro atoms. The molecule has 0 radical (unpaired) electrons. The van der Waals surface area contributed by atoms with E-state index in [4.69, 9.17) is 4.74 Å². The maximum Gasteiger partial charge on any atom is 0.243 e. The van der Waals surface area contributed by atoms with E-state index in [0.29, 0.717) is 18.8 Å². The van der Waals surface area contributed by atoms with Crippen molar-refractivity contribution in [2.75, 3.05) is 24.2 Å². The van der Waals surface area contributed by atoms with Crippen LogP contribution in [0.2, 0.25) is 0 Å². The average molecular weight is 473 g/mol. The second kappa shape index (κ2) is 10.9. The summed E-state index contributed by atoms with van der Waals surface area (Å²) in [5, 5.41) is 2.64. The molecule has 0 unspecified atom stereocenters. The molecule has 10 heteroatoms. The van der Waals surface area contributed by atoms with Gasteiger partial charge in [-0.2, -0.15) is 4.31 Å². The number of rotatable bonds is 10. The highest BCUT2D eigenvalue weighted by molar-refractivity contribution is 8.00. The molecule has 1 amide bonds. The molecule has 0 saturated carbocycles. The number of carbonyl (C=O) groups excluding carboxylic acids is 1. The summed E-state index contributed by atoms with van der Waals surface area (Å²) in [4.78, 5) is 12.6. The SMILES string of the molecule is CCN(CC)S(=O)(=O)c1ccc(OC(C)C)c(NC(=O)CSc2ccc(F)cc2F)c1. The number of nitrogens with one attached hydrogen (secondary N) is 1. The first-order valence-electron chi connectivity index (χ1n) is 9.77. The highest BCUT2D eigenvalue weighted by Gasteiger charge is 2.23. The molecule has 2 aromatic carbocycles. The van der Waals surface area contributed by atoms with Crippen molar-refractivity contribution in [1.29, 1.82) is 0 Å². The van der Waals surface area contributed by atoms with Gasteiger partial charge in [-0.1, -0.05) is 13.8 Å². The first-order chi connectivity index (χ1) is 14.6. The minimum atomic E-state index is -3.73. The van der Waals surface area contributed by atoms with Crippen molar-refractivity contribution in [2.45, 2.75) is 43.6 Å². The van der Waals surface area contributed by atoms with Gasteiger partial charge in [0.1, 0.15) is 17.4 Å². The Bertz CT molecular complexity index is 1030. The third-order valence-corrected chi connectivity index (χ3v) is 7.28. The monoisotopic (exact) mass is 472 g/mol. The number of thioether (sulfide) groups is 1. The van der Waals surface area contributed by atoms with Crippen molar-refractivity contribution < 1.29 is 26.7 Å². The van der Waals surface area contributed by atoms with Gasteiger partial charge in [-0.25, -0.2) is 17.2 Å². The first-order valence-corrected chi connectivity index (χ1v) is 12.2. The summed E-state index contributed by atoms with van der Waals surface area (Å²) < 4.78 is 59.5. The largest absolute Gasteiger partial charge is 0.489 e. The molecule has 0 bridgehead atoms. The van der Waals surface area contributed by atoms with E-state index in [-0.39, 0.29) is 27.3 Å². The van der Waals surface area contributed by atoms with E-state index in [1.54, 1.807) is 27.7 Å². The van der Waals surface area contributed by atoms with E-state index in [1.165, 1.54) is 28.6 Å². The number of hydrogen-bond donors (Lipinski definition) is 1. The number of carbonyl (C=O) groups is 1. The standard InChI is InChI=1S/C21H26F2N2O4S2/c1-5-25(6-2)31(27,28)16-8-9-19(29-14(3)4)18(12-16)24-21(26)13-30-20-10-7-15(22)11-17(20)23/h7-12,14H,5-6,13H2,1-4H3,(H,24,26). The van der Waals surface area contributed by atoms with Crippen LogP contribution in [0.3, 0.4) is 0 Å². The van der Waals surface area contributed by atoms with Crippen LogP contribution in [-0.4, -0.2) is 43.6 Å². The molecule has 0 aliphatic heterocycles. The highest BCUT2D eigenvalue weighted by atomic mass is 32.2. The topological polar surface area (TPSA) is 75.7 Å². The summed E-state index contributed by atoms with van der Waals surface area (Å²) in [7, 11) is -3.73. The van der Waals surface area contributed by atoms with Gasteiger partial charge in [0.25, 0.3) is 0 Å². The molecule has 1 N–H and O–H groups in total. The summed E-state index contributed by atoms with van der Waals surface area (Å²) in [5.74, 6) is -1.78. The van der Waals surface area contributed by atoms with Crippen molar-refractivity contribution in [3.8, 4) is 5.75 Å². The van der Waals surface area contributed by atoms with Gasteiger partial charge in [0.15, 0.2) is 0 Å². The van der Waals surface area contributed by atoms with Crippen molar-refractivity contribution >= 4 is 33.4 Å². The number of hydrogen-bond acceptors (Lipinski definition) is 5. The maximum atomic E-state index is 13.8. The summed E-state index contributed by atoms with van der Waals surface area (Å²) in [6.07, 6.45) is -0.205. The molecular weight excluding hydrogens is 446 g/mol. The van der Waals surface area contributed by atoms with Crippen LogP contribution in [0.1, 0.15) is 27.7 Å². The average Bonchev–Trinajstić information content (AvgIpc) is 2.69. The Balaban J connectivity index is 2.26. The van der Waals surface area contributed by atoms with Gasteiger partial charge >= 0.3 is 0 Å². The molecule has 0 aliphatic carbocycles. The van der Waals surface area contributed by atoms with Crippen LogP contribution >= 0.6 is 11.8 Å². The van der Waals surface area contributed by atoms with E-state index in [2.05, 4.69) is 5.32 Å². The second-order valence-electron chi connectivity index (χ2n) is 6.83. The summed E-state index contributed by atoms with van der Waals surface area (Å²) in [6, 6.07) is 7.40. The molecule has 0 fully saturated rings. The predicted molar refractivity (Wildman–Crippen MR) is 118 cm³/mol. The molecule has 31 heavy (non-hydrogen) atoms. The van der Waals surface area contributed by atoms with Crippen LogP contribution in [0, 0.1) is 11.6 Å². The van der Waals surface area contributed by atoms with Crippen LogP contribution in [-0.2, 0) is 14.8 Å². The molecule has 6 nitrogen and oxygen atoms in total. The van der Waals surface area contributed by atoms with Gasteiger partial charge in [0.2, 0.25) is 15.9 Å². The van der Waals surface area contributed by atoms with E-state index < -0.39 is 27.6 Å². The molecule has 0 atom stereocenters. The van der Waals surface area contributed by atoms with Crippen LogP contribution in [0.15, 0.2) is 46.2 Å². The Morgan fingerprint density at radius 2 is 1.81 bits per heavy atom. The fraction of sp³-hybridized carbons (Fsp3) is 0.381. The lowest BCUT2D eigenvalue weighted by molar-refractivity contribution is -0.113. The molecule has 2 rings (SSSR count). The predicted octanol–water partition coefficient (Wildman–Crippen LogP) is 4.51. The lowest BCUT2D eigenvalue weighted by Crippen LogP contribution is -2.30. The number of nitrogens with zero attached hydrogens (tertiary/aromatic N) is 1. The quantitative estimate of drug-likeness (QED) is 0.515. The van der Waals surface area contributed by atoms with Gasteiger partial charge in [0.05, 0.1) is 22.4 Å². The Morgan fingerprint density at radius 3 is 2.39 bits per heavy atom. The van der Waals surface area contributed by atoms with E-state index in [0.717, 1.165) is 23.9 Å². The maximum absolute atomic E-state index is 13.8. The zero-order valence-corrected chi connectivity index (χ0v) is 19.4. The van der Waals surface area contributed by atoms with Crippen molar-refractivity contribution in [1.82, 2.24) is 4.31 Å². The fourth-order valence-corrected chi connectivity index (χ4v) is 4.96. The van der Waals surface area contributed by atoms with Gasteiger partial charge in [0, 0.05) is 24.1 Å². The number of benzene rings is 2. The highest BCUT2D eigenvalue weighted by Crippen LogP contribution is 2.31. The molecule has 0 aliphatic rings.